The number of para-hydroxylation sites is 1. The van der Waals surface area contributed by atoms with Crippen LogP contribution in [-0.4, -0.2) is 83.4 Å². The van der Waals surface area contributed by atoms with Gasteiger partial charge in [0, 0.05) is 50.3 Å². The fourth-order valence-corrected chi connectivity index (χ4v) is 4.15. The number of H-pyrrole nitrogens is 1. The van der Waals surface area contributed by atoms with Crippen LogP contribution < -0.4 is 32.3 Å². The van der Waals surface area contributed by atoms with Crippen LogP contribution in [0, 0.1) is 11.3 Å². The Morgan fingerprint density at radius 1 is 1.09 bits per heavy atom. The van der Waals surface area contributed by atoms with Crippen molar-refractivity contribution in [1.29, 1.82) is 5.26 Å². The average Bonchev–Trinajstić information content (AvgIpc) is 2.83. The van der Waals surface area contributed by atoms with Crippen LogP contribution in [0.25, 0.3) is 10.9 Å². The van der Waals surface area contributed by atoms with Gasteiger partial charge in [-0.1, -0.05) is 27.9 Å². The van der Waals surface area contributed by atoms with Crippen LogP contribution in [0.5, 0.6) is 5.75 Å². The molecule has 160 valence electrons. The van der Waals surface area contributed by atoms with Crippen LogP contribution in [0.4, 0.5) is 5.69 Å². The molecule has 8 nitrogen and oxygen atoms in total. The van der Waals surface area contributed by atoms with Crippen LogP contribution in [-0.2, 0) is 11.2 Å². The monoisotopic (exact) mass is 443 g/mol. The Hall–Kier alpha value is -3.60. The van der Waals surface area contributed by atoms with Gasteiger partial charge in [0.1, 0.15) is 48.5 Å². The molecule has 2 heterocycles. The van der Waals surface area contributed by atoms with E-state index in [1.807, 2.05) is 11.0 Å². The summed E-state index contributed by atoms with van der Waals surface area (Å²) in [4.78, 5) is 35.6. The molecule has 0 aliphatic carbocycles. The van der Waals surface area contributed by atoms with Crippen LogP contribution in [0.3, 0.4) is 0 Å². The minimum atomic E-state index is -0.367. The van der Waals surface area contributed by atoms with Crippen molar-refractivity contribution < 1.29 is 9.90 Å². The Balaban J connectivity index is 1.42. The standard InChI is InChI=1S/C22H17B4N5O3/c23-16-12(10-27)17(24)19(26)21(18(16)25)31-8-6-30(7-9-31)15(33)5-4-14-28-20-11(22(34)29-14)2-1-3-13(20)32/h1-3,32H,4-9H2,(H,28,29,34). The molecule has 34 heavy (non-hydrogen) atoms. The first-order valence-electron chi connectivity index (χ1n) is 10.6. The van der Waals surface area contributed by atoms with Crippen molar-refractivity contribution in [2.75, 3.05) is 31.1 Å². The van der Waals surface area contributed by atoms with E-state index in [-0.39, 0.29) is 68.4 Å². The number of phenols is 1. The number of aryl methyl sites for hydroxylation is 1. The molecule has 1 aromatic heterocycles. The molecular formula is C22H17B4N5O3. The predicted molar refractivity (Wildman–Crippen MR) is 134 cm³/mol. The highest BCUT2D eigenvalue weighted by atomic mass is 16.3. The molecule has 4 rings (SSSR count). The van der Waals surface area contributed by atoms with Gasteiger partial charge in [-0.15, -0.1) is 0 Å². The molecule has 1 aliphatic rings. The van der Waals surface area contributed by atoms with E-state index in [0.29, 0.717) is 37.7 Å². The molecule has 2 aromatic carbocycles. The van der Waals surface area contributed by atoms with E-state index in [0.717, 1.165) is 0 Å². The summed E-state index contributed by atoms with van der Waals surface area (Å²) in [5, 5.41) is 19.5. The average molecular weight is 443 g/mol. The Labute approximate surface area is 201 Å². The first-order valence-corrected chi connectivity index (χ1v) is 10.6. The number of aromatic hydroxyl groups is 1. The van der Waals surface area contributed by atoms with Gasteiger partial charge in [-0.3, -0.25) is 9.59 Å². The summed E-state index contributed by atoms with van der Waals surface area (Å²) in [5.41, 5.74) is 0.929. The molecule has 1 aliphatic heterocycles. The van der Waals surface area contributed by atoms with Gasteiger partial charge in [0.05, 0.1) is 11.5 Å². The lowest BCUT2D eigenvalue weighted by molar-refractivity contribution is -0.131. The summed E-state index contributed by atoms with van der Waals surface area (Å²) in [6.45, 7) is 1.73. The maximum atomic E-state index is 12.8. The molecule has 0 bridgehead atoms. The third-order valence-corrected chi connectivity index (χ3v) is 6.03. The van der Waals surface area contributed by atoms with Crippen LogP contribution >= 0.6 is 0 Å². The number of phenolic OH excluding ortho intramolecular Hbond substituents is 1. The zero-order valence-corrected chi connectivity index (χ0v) is 18.3. The summed E-state index contributed by atoms with van der Waals surface area (Å²) < 4.78 is 0. The first kappa shape index (κ1) is 23.6. The van der Waals surface area contributed by atoms with Crippen molar-refractivity contribution in [2.45, 2.75) is 12.8 Å². The van der Waals surface area contributed by atoms with Gasteiger partial charge in [0.15, 0.2) is 0 Å². The molecule has 0 saturated carbocycles. The van der Waals surface area contributed by atoms with Crippen LogP contribution in [0.1, 0.15) is 17.8 Å². The number of aromatic amines is 1. The highest BCUT2D eigenvalue weighted by molar-refractivity contribution is 6.60. The van der Waals surface area contributed by atoms with Crippen molar-refractivity contribution in [3.63, 3.8) is 0 Å². The van der Waals surface area contributed by atoms with E-state index >= 15 is 0 Å². The summed E-state index contributed by atoms with van der Waals surface area (Å²) >= 11 is 0. The van der Waals surface area contributed by atoms with Crippen molar-refractivity contribution in [1.82, 2.24) is 14.9 Å². The summed E-state index contributed by atoms with van der Waals surface area (Å²) in [5.74, 6) is 0.143. The van der Waals surface area contributed by atoms with Gasteiger partial charge in [-0.2, -0.15) is 5.26 Å². The molecule has 1 fully saturated rings. The Kier molecular flexibility index (Phi) is 6.47. The number of nitrogens with zero attached hydrogens (tertiary/aromatic N) is 4. The van der Waals surface area contributed by atoms with Gasteiger partial charge in [-0.05, 0) is 12.1 Å². The largest absolute Gasteiger partial charge is 0.506 e. The fourth-order valence-electron chi connectivity index (χ4n) is 4.15. The highest BCUT2D eigenvalue weighted by Gasteiger charge is 2.24. The molecule has 0 spiro atoms. The first-order chi connectivity index (χ1) is 16.2. The zero-order chi connectivity index (χ0) is 24.6. The van der Waals surface area contributed by atoms with Crippen molar-refractivity contribution in [3.05, 3.63) is 39.9 Å². The molecule has 0 atom stereocenters. The van der Waals surface area contributed by atoms with E-state index in [1.165, 1.54) is 6.07 Å². The van der Waals surface area contributed by atoms with Gasteiger partial charge >= 0.3 is 0 Å². The van der Waals surface area contributed by atoms with E-state index < -0.39 is 0 Å². The second-order valence-corrected chi connectivity index (χ2v) is 8.04. The topological polar surface area (TPSA) is 113 Å². The van der Waals surface area contributed by atoms with E-state index in [4.69, 9.17) is 31.4 Å². The SMILES string of the molecule is [B]c1c([B])c(N2CCN(C(=O)CCc3nc4c(O)cccc4c(=O)[nH]3)CC2)c([B])c([B])c1C#N. The minimum Gasteiger partial charge on any atom is -0.506 e. The molecule has 1 amide bonds. The number of anilines is 1. The van der Waals surface area contributed by atoms with E-state index in [2.05, 4.69) is 9.97 Å². The summed E-state index contributed by atoms with van der Waals surface area (Å²) in [6.07, 6.45) is 0.365. The Morgan fingerprint density at radius 3 is 2.35 bits per heavy atom. The Bertz CT molecular complexity index is 1370. The van der Waals surface area contributed by atoms with Crippen molar-refractivity contribution >= 4 is 75.7 Å². The number of carbonyl (C=O) groups is 1. The third kappa shape index (κ3) is 4.18. The van der Waals surface area contributed by atoms with Crippen LogP contribution in [0.2, 0.25) is 0 Å². The second-order valence-electron chi connectivity index (χ2n) is 8.04. The molecule has 8 radical (unpaired) electrons. The van der Waals surface area contributed by atoms with Crippen molar-refractivity contribution in [3.8, 4) is 11.8 Å². The number of rotatable bonds is 4. The number of piperazine rings is 1. The molecule has 0 unspecified atom stereocenters. The normalized spacial score (nSPS) is 13.7. The van der Waals surface area contributed by atoms with Gasteiger partial charge in [0.25, 0.3) is 5.56 Å². The van der Waals surface area contributed by atoms with Gasteiger partial charge < -0.3 is 19.9 Å². The number of hydrogen-bond donors (Lipinski definition) is 2. The molecule has 1 saturated heterocycles. The highest BCUT2D eigenvalue weighted by Crippen LogP contribution is 2.19. The van der Waals surface area contributed by atoms with Gasteiger partial charge in [0.2, 0.25) is 5.91 Å². The minimum absolute atomic E-state index is 0.0567. The van der Waals surface area contributed by atoms with Crippen molar-refractivity contribution in [2.24, 2.45) is 0 Å². The van der Waals surface area contributed by atoms with Gasteiger partial charge in [-0.25, -0.2) is 4.98 Å². The smallest absolute Gasteiger partial charge is 0.258 e. The molecular weight excluding hydrogens is 426 g/mol. The number of aromatic nitrogens is 2. The van der Waals surface area contributed by atoms with E-state index in [1.54, 1.807) is 17.0 Å². The lowest BCUT2D eigenvalue weighted by atomic mass is 9.66. The number of fused-ring (bicyclic) bond motifs is 1. The maximum absolute atomic E-state index is 12.8. The van der Waals surface area contributed by atoms with Crippen LogP contribution in [0.15, 0.2) is 23.0 Å². The number of benzene rings is 2. The Morgan fingerprint density at radius 2 is 1.74 bits per heavy atom. The maximum Gasteiger partial charge on any atom is 0.258 e. The lowest BCUT2D eigenvalue weighted by Gasteiger charge is -2.39. The quantitative estimate of drug-likeness (QED) is 0.415. The lowest BCUT2D eigenvalue weighted by Crippen LogP contribution is -2.55. The molecule has 3 aromatic rings. The third-order valence-electron chi connectivity index (χ3n) is 6.03. The second kappa shape index (κ2) is 9.34. The molecule has 2 N–H and O–H groups in total. The number of hydrogen-bond acceptors (Lipinski definition) is 6. The number of nitriles is 1. The number of nitrogens with one attached hydrogen (secondary N) is 1. The predicted octanol–water partition coefficient (Wildman–Crippen LogP) is -3.04. The number of carbonyl (C=O) groups excluding carboxylic acids is 1. The van der Waals surface area contributed by atoms with E-state index in [9.17, 15) is 20.0 Å². The summed E-state index contributed by atoms with van der Waals surface area (Å²) in [7, 11) is 24.2. The zero-order valence-electron chi connectivity index (χ0n) is 18.3. The molecule has 12 heteroatoms. The summed E-state index contributed by atoms with van der Waals surface area (Å²) in [6, 6.07) is 6.52. The fraction of sp³-hybridized carbons (Fsp3) is 0.273. The number of amides is 1.